The van der Waals surface area contributed by atoms with Gasteiger partial charge in [-0.15, -0.1) is 0 Å². The van der Waals surface area contributed by atoms with E-state index in [1.54, 1.807) is 0 Å². The lowest BCUT2D eigenvalue weighted by Gasteiger charge is -2.05. The second-order valence-corrected chi connectivity index (χ2v) is 5.96. The Balaban J connectivity index is 1.66. The Kier molecular flexibility index (Phi) is 4.66. The first-order valence-electron chi connectivity index (χ1n) is 8.61. The van der Waals surface area contributed by atoms with Crippen molar-refractivity contribution in [1.82, 2.24) is 4.98 Å². The van der Waals surface area contributed by atoms with Crippen LogP contribution in [0.4, 0.5) is 5.69 Å². The van der Waals surface area contributed by atoms with Gasteiger partial charge in [-0.05, 0) is 23.8 Å². The summed E-state index contributed by atoms with van der Waals surface area (Å²) in [5, 5.41) is 0. The number of aliphatic imine (C=N–C) groups is 1. The van der Waals surface area contributed by atoms with Crippen molar-refractivity contribution in [2.24, 2.45) is 4.99 Å². The van der Waals surface area contributed by atoms with Gasteiger partial charge in [-0.1, -0.05) is 84.9 Å². The van der Waals surface area contributed by atoms with Gasteiger partial charge >= 0.3 is 0 Å². The fourth-order valence-electron chi connectivity index (χ4n) is 2.88. The summed E-state index contributed by atoms with van der Waals surface area (Å²) in [5.74, 6) is 0. The highest BCUT2D eigenvalue weighted by molar-refractivity contribution is 5.85. The Labute approximate surface area is 153 Å². The number of nitrogens with zero attached hydrogens (tertiary/aromatic N) is 2. The Morgan fingerprint density at radius 2 is 1.23 bits per heavy atom. The second-order valence-electron chi connectivity index (χ2n) is 5.96. The van der Waals surface area contributed by atoms with E-state index in [0.717, 1.165) is 33.8 Å². The van der Waals surface area contributed by atoms with Crippen molar-refractivity contribution in [2.45, 2.75) is 0 Å². The summed E-state index contributed by atoms with van der Waals surface area (Å²) in [6.45, 7) is 0. The molecule has 0 amide bonds. The second kappa shape index (κ2) is 7.58. The van der Waals surface area contributed by atoms with E-state index in [0.29, 0.717) is 0 Å². The average Bonchev–Trinajstić information content (AvgIpc) is 2.74. The van der Waals surface area contributed by atoms with Crippen LogP contribution in [0.2, 0.25) is 0 Å². The lowest BCUT2D eigenvalue weighted by Crippen LogP contribution is -1.90. The largest absolute Gasteiger partial charge is 0.254 e. The predicted octanol–water partition coefficient (Wildman–Crippen LogP) is 6.17. The minimum atomic E-state index is 0.842. The molecule has 0 saturated heterocycles. The first kappa shape index (κ1) is 16.0. The third-order valence-electron chi connectivity index (χ3n) is 4.16. The van der Waals surface area contributed by atoms with Crippen LogP contribution in [-0.2, 0) is 0 Å². The van der Waals surface area contributed by atoms with Crippen molar-refractivity contribution < 1.29 is 0 Å². The summed E-state index contributed by atoms with van der Waals surface area (Å²) in [6, 6.07) is 34.7. The summed E-state index contributed by atoms with van der Waals surface area (Å²) in [4.78, 5) is 9.41. The standard InChI is InChI=1S/C24H18N2/c1-3-10-19(11-4-1)22-15-7-8-16-24(22)25-18-21-14-9-17-23(26-21)20-12-5-2-6-13-20/h1-18H. The van der Waals surface area contributed by atoms with E-state index < -0.39 is 0 Å². The number of hydrogen-bond donors (Lipinski definition) is 0. The molecule has 2 heteroatoms. The highest BCUT2D eigenvalue weighted by atomic mass is 14.8. The summed E-state index contributed by atoms with van der Waals surface area (Å²) >= 11 is 0. The smallest absolute Gasteiger partial charge is 0.0820 e. The molecule has 2 nitrogen and oxygen atoms in total. The topological polar surface area (TPSA) is 25.2 Å². The van der Waals surface area contributed by atoms with Crippen LogP contribution in [0.25, 0.3) is 22.4 Å². The first-order chi connectivity index (χ1) is 12.9. The third kappa shape index (κ3) is 3.60. The van der Waals surface area contributed by atoms with Crippen LogP contribution in [0.3, 0.4) is 0 Å². The van der Waals surface area contributed by atoms with Crippen LogP contribution in [0.5, 0.6) is 0 Å². The molecule has 0 bridgehead atoms. The minimum absolute atomic E-state index is 0.842. The molecule has 4 rings (SSSR count). The molecule has 0 radical (unpaired) electrons. The SMILES string of the molecule is C(=Nc1ccccc1-c1ccccc1)c1cccc(-c2ccccc2)n1. The normalized spacial score (nSPS) is 10.9. The van der Waals surface area contributed by atoms with E-state index in [4.69, 9.17) is 9.98 Å². The molecule has 0 atom stereocenters. The van der Waals surface area contributed by atoms with E-state index in [-0.39, 0.29) is 0 Å². The molecular weight excluding hydrogens is 316 g/mol. The van der Waals surface area contributed by atoms with E-state index >= 15 is 0 Å². The molecule has 0 saturated carbocycles. The number of hydrogen-bond acceptors (Lipinski definition) is 2. The Bertz CT molecular complexity index is 1020. The quantitative estimate of drug-likeness (QED) is 0.410. The van der Waals surface area contributed by atoms with Crippen LogP contribution in [0.1, 0.15) is 5.69 Å². The minimum Gasteiger partial charge on any atom is -0.254 e. The number of rotatable bonds is 4. The number of benzene rings is 3. The van der Waals surface area contributed by atoms with Gasteiger partial charge in [-0.2, -0.15) is 0 Å². The van der Waals surface area contributed by atoms with Gasteiger partial charge in [0.2, 0.25) is 0 Å². The molecule has 0 spiro atoms. The van der Waals surface area contributed by atoms with Crippen molar-refractivity contribution in [3.05, 3.63) is 109 Å². The zero-order valence-electron chi connectivity index (χ0n) is 14.3. The zero-order valence-corrected chi connectivity index (χ0v) is 14.3. The van der Waals surface area contributed by atoms with Gasteiger partial charge in [0.05, 0.1) is 23.3 Å². The van der Waals surface area contributed by atoms with Gasteiger partial charge < -0.3 is 0 Å². The van der Waals surface area contributed by atoms with Gasteiger partial charge in [-0.25, -0.2) is 4.98 Å². The molecule has 124 valence electrons. The maximum atomic E-state index is 4.71. The van der Waals surface area contributed by atoms with Crippen LogP contribution in [0.15, 0.2) is 108 Å². The van der Waals surface area contributed by atoms with Crippen LogP contribution < -0.4 is 0 Å². The van der Waals surface area contributed by atoms with Gasteiger partial charge in [0, 0.05) is 11.1 Å². The molecule has 0 aliphatic carbocycles. The van der Waals surface area contributed by atoms with Crippen molar-refractivity contribution in [1.29, 1.82) is 0 Å². The highest BCUT2D eigenvalue weighted by Crippen LogP contribution is 2.29. The Morgan fingerprint density at radius 1 is 0.577 bits per heavy atom. The summed E-state index contributed by atoms with van der Waals surface area (Å²) in [5.41, 5.74) is 6.10. The monoisotopic (exact) mass is 334 g/mol. The van der Waals surface area contributed by atoms with Crippen molar-refractivity contribution in [2.75, 3.05) is 0 Å². The molecular formula is C24H18N2. The molecule has 3 aromatic carbocycles. The van der Waals surface area contributed by atoms with Gasteiger partial charge in [0.25, 0.3) is 0 Å². The Morgan fingerprint density at radius 3 is 2.00 bits per heavy atom. The van der Waals surface area contributed by atoms with Crippen molar-refractivity contribution >= 4 is 11.9 Å². The summed E-state index contributed by atoms with van der Waals surface area (Å²) in [6.07, 6.45) is 1.83. The van der Waals surface area contributed by atoms with E-state index in [1.807, 2.05) is 79.0 Å². The fraction of sp³-hybridized carbons (Fsp3) is 0. The molecule has 26 heavy (non-hydrogen) atoms. The number of pyridine rings is 1. The fourth-order valence-corrected chi connectivity index (χ4v) is 2.88. The van der Waals surface area contributed by atoms with Crippen LogP contribution in [0, 0.1) is 0 Å². The van der Waals surface area contributed by atoms with Crippen molar-refractivity contribution in [3.8, 4) is 22.4 Å². The summed E-state index contributed by atoms with van der Waals surface area (Å²) < 4.78 is 0. The number of aromatic nitrogens is 1. The average molecular weight is 334 g/mol. The molecule has 0 aliphatic rings. The predicted molar refractivity (Wildman–Crippen MR) is 109 cm³/mol. The molecule has 0 unspecified atom stereocenters. The van der Waals surface area contributed by atoms with Crippen molar-refractivity contribution in [3.63, 3.8) is 0 Å². The molecule has 0 aliphatic heterocycles. The molecule has 1 heterocycles. The van der Waals surface area contributed by atoms with E-state index in [2.05, 4.69) is 30.3 Å². The maximum absolute atomic E-state index is 4.71. The maximum Gasteiger partial charge on any atom is 0.0820 e. The molecule has 0 N–H and O–H groups in total. The molecule has 4 aromatic rings. The van der Waals surface area contributed by atoms with Gasteiger partial charge in [-0.3, -0.25) is 4.99 Å². The summed E-state index contributed by atoms with van der Waals surface area (Å²) in [7, 11) is 0. The van der Waals surface area contributed by atoms with Gasteiger partial charge in [0.1, 0.15) is 0 Å². The first-order valence-corrected chi connectivity index (χ1v) is 8.61. The van der Waals surface area contributed by atoms with Gasteiger partial charge in [0.15, 0.2) is 0 Å². The third-order valence-corrected chi connectivity index (χ3v) is 4.16. The van der Waals surface area contributed by atoms with Crippen LogP contribution >= 0.6 is 0 Å². The number of para-hydroxylation sites is 1. The lowest BCUT2D eigenvalue weighted by atomic mass is 10.0. The molecule has 0 fully saturated rings. The highest BCUT2D eigenvalue weighted by Gasteiger charge is 2.03. The van der Waals surface area contributed by atoms with E-state index in [1.165, 1.54) is 0 Å². The molecule has 1 aromatic heterocycles. The lowest BCUT2D eigenvalue weighted by molar-refractivity contribution is 1.30. The zero-order chi connectivity index (χ0) is 17.6. The van der Waals surface area contributed by atoms with Crippen LogP contribution in [-0.4, -0.2) is 11.2 Å². The Hall–Kier alpha value is -3.52. The van der Waals surface area contributed by atoms with E-state index in [9.17, 15) is 0 Å².